The van der Waals surface area contributed by atoms with E-state index in [1.807, 2.05) is 0 Å². The van der Waals surface area contributed by atoms with Crippen molar-refractivity contribution in [2.45, 2.75) is 13.5 Å². The smallest absolute Gasteiger partial charge is 0.222 e. The predicted molar refractivity (Wildman–Crippen MR) is 69.9 cm³/mol. The van der Waals surface area contributed by atoms with Crippen LogP contribution in [0.3, 0.4) is 0 Å². The van der Waals surface area contributed by atoms with E-state index in [9.17, 15) is 14.3 Å². The lowest BCUT2D eigenvalue weighted by Gasteiger charge is -2.21. The second-order valence-electron chi connectivity index (χ2n) is 4.47. The lowest BCUT2D eigenvalue weighted by molar-refractivity contribution is -0.114. The lowest BCUT2D eigenvalue weighted by atomic mass is 9.98. The number of rotatable bonds is 1. The molecule has 1 aromatic heterocycles. The molecule has 5 nitrogen and oxygen atoms in total. The summed E-state index contributed by atoms with van der Waals surface area (Å²) in [6.45, 7) is 1.55. The molecule has 0 bridgehead atoms. The van der Waals surface area contributed by atoms with Gasteiger partial charge in [-0.2, -0.15) is 4.39 Å². The molecule has 0 spiro atoms. The van der Waals surface area contributed by atoms with Crippen molar-refractivity contribution in [3.05, 3.63) is 35.8 Å². The maximum Gasteiger partial charge on any atom is 0.222 e. The number of amides is 1. The van der Waals surface area contributed by atoms with E-state index >= 15 is 0 Å². The Morgan fingerprint density at radius 1 is 1.45 bits per heavy atom. The standard InChI is InChI=1S/C14H11FN2O3/c1-7(18)17-12-4-10-8(5-16-12)6-20-14-9(10)2-3-11(19)13(14)15/h2-5,19H,6H2,1H3,(H,16,17,18). The van der Waals surface area contributed by atoms with E-state index in [4.69, 9.17) is 4.74 Å². The summed E-state index contributed by atoms with van der Waals surface area (Å²) < 4.78 is 19.1. The monoisotopic (exact) mass is 274 g/mol. The second kappa shape index (κ2) is 4.48. The number of aromatic hydroxyl groups is 1. The number of benzene rings is 1. The predicted octanol–water partition coefficient (Wildman–Crippen LogP) is 2.44. The maximum absolute atomic E-state index is 13.8. The molecule has 2 aromatic rings. The lowest BCUT2D eigenvalue weighted by Crippen LogP contribution is -2.11. The summed E-state index contributed by atoms with van der Waals surface area (Å²) in [4.78, 5) is 15.1. The minimum atomic E-state index is -0.786. The van der Waals surface area contributed by atoms with Crippen molar-refractivity contribution in [1.82, 2.24) is 4.98 Å². The van der Waals surface area contributed by atoms with Crippen LogP contribution in [0.4, 0.5) is 10.2 Å². The van der Waals surface area contributed by atoms with Gasteiger partial charge in [0.1, 0.15) is 12.4 Å². The van der Waals surface area contributed by atoms with Crippen LogP contribution in [0.1, 0.15) is 12.5 Å². The summed E-state index contributed by atoms with van der Waals surface area (Å²) in [7, 11) is 0. The number of phenols is 1. The first kappa shape index (κ1) is 12.4. The van der Waals surface area contributed by atoms with Crippen molar-refractivity contribution in [3.63, 3.8) is 0 Å². The molecule has 0 saturated heterocycles. The van der Waals surface area contributed by atoms with Crippen molar-refractivity contribution < 1.29 is 19.0 Å². The number of nitrogens with one attached hydrogen (secondary N) is 1. The Hall–Kier alpha value is -2.63. The zero-order valence-electron chi connectivity index (χ0n) is 10.6. The average Bonchev–Trinajstić information content (AvgIpc) is 2.42. The molecule has 2 heterocycles. The first-order valence-corrected chi connectivity index (χ1v) is 5.97. The minimum absolute atomic E-state index is 0.0116. The number of phenolic OH excluding ortho intramolecular Hbond substituents is 1. The summed E-state index contributed by atoms with van der Waals surface area (Å²) in [6.07, 6.45) is 1.58. The van der Waals surface area contributed by atoms with Gasteiger partial charge >= 0.3 is 0 Å². The third-order valence-electron chi connectivity index (χ3n) is 3.03. The molecule has 102 valence electrons. The van der Waals surface area contributed by atoms with E-state index < -0.39 is 11.6 Å². The van der Waals surface area contributed by atoms with Crippen LogP contribution in [-0.2, 0) is 11.4 Å². The van der Waals surface area contributed by atoms with Crippen LogP contribution in [-0.4, -0.2) is 16.0 Å². The Morgan fingerprint density at radius 2 is 2.25 bits per heavy atom. The van der Waals surface area contributed by atoms with Gasteiger partial charge in [-0.1, -0.05) is 0 Å². The molecule has 1 aliphatic rings. The van der Waals surface area contributed by atoms with Gasteiger partial charge in [0.05, 0.1) is 0 Å². The maximum atomic E-state index is 13.8. The fraction of sp³-hybridized carbons (Fsp3) is 0.143. The Kier molecular flexibility index (Phi) is 2.78. The minimum Gasteiger partial charge on any atom is -0.505 e. The number of carbonyl (C=O) groups is 1. The average molecular weight is 274 g/mol. The van der Waals surface area contributed by atoms with Gasteiger partial charge in [-0.05, 0) is 23.8 Å². The van der Waals surface area contributed by atoms with Crippen LogP contribution in [0.5, 0.6) is 11.5 Å². The molecule has 0 atom stereocenters. The Balaban J connectivity index is 2.14. The molecule has 1 aliphatic heterocycles. The van der Waals surface area contributed by atoms with Crippen molar-refractivity contribution >= 4 is 11.7 Å². The highest BCUT2D eigenvalue weighted by Gasteiger charge is 2.23. The topological polar surface area (TPSA) is 71.5 Å². The van der Waals surface area contributed by atoms with Crippen molar-refractivity contribution in [1.29, 1.82) is 0 Å². The number of anilines is 1. The van der Waals surface area contributed by atoms with E-state index in [0.717, 1.165) is 11.1 Å². The van der Waals surface area contributed by atoms with Gasteiger partial charge < -0.3 is 15.2 Å². The second-order valence-corrected chi connectivity index (χ2v) is 4.47. The highest BCUT2D eigenvalue weighted by Crippen LogP contribution is 2.42. The van der Waals surface area contributed by atoms with Crippen LogP contribution >= 0.6 is 0 Å². The number of nitrogens with zero attached hydrogens (tertiary/aromatic N) is 1. The van der Waals surface area contributed by atoms with Gasteiger partial charge in [0.2, 0.25) is 11.7 Å². The normalized spacial score (nSPS) is 12.1. The fourth-order valence-corrected chi connectivity index (χ4v) is 2.15. The third-order valence-corrected chi connectivity index (χ3v) is 3.03. The summed E-state index contributed by atoms with van der Waals surface area (Å²) in [5.41, 5.74) is 2.04. The zero-order valence-corrected chi connectivity index (χ0v) is 10.6. The van der Waals surface area contributed by atoms with E-state index in [-0.39, 0.29) is 18.3 Å². The Morgan fingerprint density at radius 3 is 3.00 bits per heavy atom. The fourth-order valence-electron chi connectivity index (χ4n) is 2.15. The number of ether oxygens (including phenoxy) is 1. The van der Waals surface area contributed by atoms with Gasteiger partial charge in [-0.15, -0.1) is 0 Å². The number of hydrogen-bond donors (Lipinski definition) is 2. The van der Waals surface area contributed by atoms with Crippen molar-refractivity contribution in [2.24, 2.45) is 0 Å². The molecule has 6 heteroatoms. The number of pyridine rings is 1. The number of aromatic nitrogens is 1. The highest BCUT2D eigenvalue weighted by atomic mass is 19.1. The molecule has 0 saturated carbocycles. The Bertz CT molecular complexity index is 716. The highest BCUT2D eigenvalue weighted by molar-refractivity contribution is 5.89. The summed E-state index contributed by atoms with van der Waals surface area (Å²) >= 11 is 0. The molecular weight excluding hydrogens is 263 g/mol. The van der Waals surface area contributed by atoms with E-state index in [0.29, 0.717) is 11.4 Å². The van der Waals surface area contributed by atoms with E-state index in [2.05, 4.69) is 10.3 Å². The van der Waals surface area contributed by atoms with Crippen molar-refractivity contribution in [3.8, 4) is 22.6 Å². The molecule has 0 unspecified atom stereocenters. The largest absolute Gasteiger partial charge is 0.505 e. The molecule has 2 N–H and O–H groups in total. The quantitative estimate of drug-likeness (QED) is 0.837. The third kappa shape index (κ3) is 1.95. The number of carbonyl (C=O) groups excluding carboxylic acids is 1. The van der Waals surface area contributed by atoms with Gasteiger partial charge in [-0.25, -0.2) is 4.98 Å². The first-order valence-electron chi connectivity index (χ1n) is 5.97. The molecule has 1 amide bonds. The van der Waals surface area contributed by atoms with Crippen LogP contribution in [0.15, 0.2) is 24.4 Å². The van der Waals surface area contributed by atoms with Gasteiger partial charge in [0, 0.05) is 24.2 Å². The molecule has 0 fully saturated rings. The van der Waals surface area contributed by atoms with Crippen molar-refractivity contribution in [2.75, 3.05) is 5.32 Å². The number of halogens is 1. The molecule has 3 rings (SSSR count). The molecule has 0 aliphatic carbocycles. The van der Waals surface area contributed by atoms with Crippen LogP contribution in [0, 0.1) is 5.82 Å². The molecule has 0 radical (unpaired) electrons. The van der Waals surface area contributed by atoms with Gasteiger partial charge in [-0.3, -0.25) is 4.79 Å². The molecule has 20 heavy (non-hydrogen) atoms. The van der Waals surface area contributed by atoms with E-state index in [1.54, 1.807) is 18.3 Å². The van der Waals surface area contributed by atoms with Gasteiger partial charge in [0.15, 0.2) is 11.5 Å². The van der Waals surface area contributed by atoms with Gasteiger partial charge in [0.25, 0.3) is 0 Å². The van der Waals surface area contributed by atoms with Crippen LogP contribution in [0.25, 0.3) is 11.1 Å². The number of fused-ring (bicyclic) bond motifs is 3. The first-order chi connectivity index (χ1) is 9.56. The summed E-state index contributed by atoms with van der Waals surface area (Å²) in [5, 5.41) is 12.0. The summed E-state index contributed by atoms with van der Waals surface area (Å²) in [5.74, 6) is -1.08. The zero-order chi connectivity index (χ0) is 14.3. The summed E-state index contributed by atoms with van der Waals surface area (Å²) in [6, 6.07) is 4.50. The van der Waals surface area contributed by atoms with E-state index in [1.165, 1.54) is 13.0 Å². The number of hydrogen-bond acceptors (Lipinski definition) is 4. The molecule has 1 aromatic carbocycles. The SMILES string of the molecule is CC(=O)Nc1cc2c(cn1)COc1c-2ccc(O)c1F. The molecular formula is C14H11FN2O3. The Labute approximate surface area is 114 Å². The van der Waals surface area contributed by atoms with Crippen LogP contribution < -0.4 is 10.1 Å². The van der Waals surface area contributed by atoms with Crippen LogP contribution in [0.2, 0.25) is 0 Å².